The number of hydrogen-bond donors (Lipinski definition) is 1. The first-order chi connectivity index (χ1) is 12.1. The van der Waals surface area contributed by atoms with Gasteiger partial charge in [0.25, 0.3) is 0 Å². The highest BCUT2D eigenvalue weighted by molar-refractivity contribution is 7.88. The quantitative estimate of drug-likeness (QED) is 0.847. The van der Waals surface area contributed by atoms with Crippen molar-refractivity contribution in [3.05, 3.63) is 42.1 Å². The van der Waals surface area contributed by atoms with E-state index >= 15 is 0 Å². The number of rotatable bonds is 4. The van der Waals surface area contributed by atoms with Crippen molar-refractivity contribution in [1.82, 2.24) is 19.5 Å². The summed E-state index contributed by atoms with van der Waals surface area (Å²) < 4.78 is 27.6. The summed E-state index contributed by atoms with van der Waals surface area (Å²) in [6.45, 7) is 5.23. The number of para-hydroxylation sites is 1. The van der Waals surface area contributed by atoms with Crippen molar-refractivity contribution in [3.63, 3.8) is 0 Å². The van der Waals surface area contributed by atoms with Gasteiger partial charge in [0.05, 0.1) is 11.3 Å². The Labute approximate surface area is 161 Å². The molecular formula is C18H25ClN4O2S. The summed E-state index contributed by atoms with van der Waals surface area (Å²) in [6.07, 6.45) is 2.64. The summed E-state index contributed by atoms with van der Waals surface area (Å²) in [5.74, 6) is 0.0234. The largest absolute Gasteiger partial charge is 0.314 e. The van der Waals surface area contributed by atoms with Gasteiger partial charge in [-0.15, -0.1) is 12.4 Å². The zero-order valence-corrected chi connectivity index (χ0v) is 16.3. The Hall–Kier alpha value is -1.25. The first kappa shape index (κ1) is 19.5. The molecule has 142 valence electrons. The van der Waals surface area contributed by atoms with Crippen molar-refractivity contribution in [3.8, 4) is 0 Å². The predicted octanol–water partition coefficient (Wildman–Crippen LogP) is 1.47. The van der Waals surface area contributed by atoms with Gasteiger partial charge in [-0.2, -0.15) is 0 Å². The molecule has 2 fully saturated rings. The second-order valence-corrected chi connectivity index (χ2v) is 8.80. The third-order valence-electron chi connectivity index (χ3n) is 5.24. The van der Waals surface area contributed by atoms with Crippen LogP contribution in [0, 0.1) is 0 Å². The number of sulfonamides is 1. The molecule has 1 aromatic carbocycles. The van der Waals surface area contributed by atoms with Crippen molar-refractivity contribution in [1.29, 1.82) is 0 Å². The number of hydrogen-bond acceptors (Lipinski definition) is 5. The Morgan fingerprint density at radius 3 is 2.69 bits per heavy atom. The number of nitrogens with zero attached hydrogens (tertiary/aromatic N) is 3. The van der Waals surface area contributed by atoms with Gasteiger partial charge in [0.15, 0.2) is 0 Å². The van der Waals surface area contributed by atoms with E-state index < -0.39 is 10.0 Å². The Morgan fingerprint density at radius 1 is 1.12 bits per heavy atom. The predicted molar refractivity (Wildman–Crippen MR) is 106 cm³/mol. The zero-order valence-electron chi connectivity index (χ0n) is 14.7. The molecule has 2 saturated heterocycles. The Balaban J connectivity index is 0.00000196. The smallest absolute Gasteiger partial charge is 0.218 e. The van der Waals surface area contributed by atoms with E-state index in [0.717, 1.165) is 49.1 Å². The van der Waals surface area contributed by atoms with Crippen LogP contribution in [-0.2, 0) is 15.8 Å². The van der Waals surface area contributed by atoms with E-state index in [-0.39, 0.29) is 18.2 Å². The summed E-state index contributed by atoms with van der Waals surface area (Å²) in [5, 5.41) is 4.33. The van der Waals surface area contributed by atoms with Gasteiger partial charge in [0.1, 0.15) is 0 Å². The molecule has 8 heteroatoms. The van der Waals surface area contributed by atoms with Crippen LogP contribution in [0.3, 0.4) is 0 Å². The van der Waals surface area contributed by atoms with Crippen LogP contribution < -0.4 is 5.32 Å². The van der Waals surface area contributed by atoms with Crippen molar-refractivity contribution in [2.24, 2.45) is 0 Å². The third kappa shape index (κ3) is 4.02. The molecule has 4 rings (SSSR count). The van der Waals surface area contributed by atoms with Crippen LogP contribution in [0.15, 0.2) is 36.5 Å². The maximum atomic E-state index is 12.9. The van der Waals surface area contributed by atoms with Crippen LogP contribution >= 0.6 is 12.4 Å². The maximum Gasteiger partial charge on any atom is 0.218 e. The lowest BCUT2D eigenvalue weighted by Gasteiger charge is -2.32. The molecule has 26 heavy (non-hydrogen) atoms. The van der Waals surface area contributed by atoms with Gasteiger partial charge in [-0.1, -0.05) is 24.3 Å². The lowest BCUT2D eigenvalue weighted by atomic mass is 10.1. The SMILES string of the molecule is Cl.O=S(=O)(Cc1cccc2cccnc12)N1CCC(N2CCNCC2)C1. The van der Waals surface area contributed by atoms with Crippen LogP contribution in [0.2, 0.25) is 0 Å². The normalized spacial score (nSPS) is 22.4. The molecule has 0 spiro atoms. The Bertz CT molecular complexity index is 850. The van der Waals surface area contributed by atoms with E-state index in [1.165, 1.54) is 0 Å². The van der Waals surface area contributed by atoms with Gasteiger partial charge in [-0.25, -0.2) is 12.7 Å². The van der Waals surface area contributed by atoms with Crippen LogP contribution in [0.5, 0.6) is 0 Å². The lowest BCUT2D eigenvalue weighted by molar-refractivity contribution is 0.179. The Kier molecular flexibility index (Phi) is 6.14. The number of pyridine rings is 1. The molecule has 2 aliphatic heterocycles. The highest BCUT2D eigenvalue weighted by atomic mass is 35.5. The van der Waals surface area contributed by atoms with E-state index in [9.17, 15) is 8.42 Å². The molecule has 0 aliphatic carbocycles. The molecule has 3 heterocycles. The molecule has 1 aromatic heterocycles. The molecule has 0 amide bonds. The van der Waals surface area contributed by atoms with E-state index in [1.807, 2.05) is 30.3 Å². The average Bonchev–Trinajstić information content (AvgIpc) is 3.14. The number of aromatic nitrogens is 1. The number of benzene rings is 1. The molecular weight excluding hydrogens is 372 g/mol. The first-order valence-electron chi connectivity index (χ1n) is 8.89. The average molecular weight is 397 g/mol. The second kappa shape index (κ2) is 8.19. The van der Waals surface area contributed by atoms with Gasteiger partial charge in [0.2, 0.25) is 10.0 Å². The fraction of sp³-hybridized carbons (Fsp3) is 0.500. The monoisotopic (exact) mass is 396 g/mol. The van der Waals surface area contributed by atoms with Crippen LogP contribution in [0.4, 0.5) is 0 Å². The standard InChI is InChI=1S/C18H24N4O2S.ClH/c23-25(24,14-16-4-1-3-15-5-2-7-20-18(15)16)22-10-6-17(13-22)21-11-8-19-9-12-21;/h1-5,7,17,19H,6,8-14H2;1H. The van der Waals surface area contributed by atoms with Crippen molar-refractivity contribution >= 4 is 33.3 Å². The molecule has 1 unspecified atom stereocenters. The number of nitrogens with one attached hydrogen (secondary N) is 1. The second-order valence-electron chi connectivity index (χ2n) is 6.83. The minimum Gasteiger partial charge on any atom is -0.314 e. The summed E-state index contributed by atoms with van der Waals surface area (Å²) in [7, 11) is -3.33. The molecule has 6 nitrogen and oxygen atoms in total. The van der Waals surface area contributed by atoms with Crippen molar-refractivity contribution in [2.75, 3.05) is 39.3 Å². The van der Waals surface area contributed by atoms with Gasteiger partial charge in [-0.05, 0) is 18.1 Å². The van der Waals surface area contributed by atoms with Crippen molar-refractivity contribution < 1.29 is 8.42 Å². The number of piperazine rings is 1. The molecule has 2 aromatic rings. The maximum absolute atomic E-state index is 12.9. The molecule has 2 aliphatic rings. The minimum absolute atomic E-state index is 0. The zero-order chi connectivity index (χ0) is 17.3. The number of fused-ring (bicyclic) bond motifs is 1. The lowest BCUT2D eigenvalue weighted by Crippen LogP contribution is -2.49. The topological polar surface area (TPSA) is 65.5 Å². The third-order valence-corrected chi connectivity index (χ3v) is 7.04. The fourth-order valence-corrected chi connectivity index (χ4v) is 5.47. The van der Waals surface area contributed by atoms with Gasteiger partial charge >= 0.3 is 0 Å². The van der Waals surface area contributed by atoms with Crippen LogP contribution in [0.25, 0.3) is 10.9 Å². The highest BCUT2D eigenvalue weighted by Gasteiger charge is 2.34. The summed E-state index contributed by atoms with van der Waals surface area (Å²) in [6, 6.07) is 9.93. The Morgan fingerprint density at radius 2 is 1.88 bits per heavy atom. The number of halogens is 1. The van der Waals surface area contributed by atoms with E-state index in [1.54, 1.807) is 10.5 Å². The van der Waals surface area contributed by atoms with Gasteiger partial charge in [-0.3, -0.25) is 9.88 Å². The van der Waals surface area contributed by atoms with Gasteiger partial charge in [0, 0.05) is 56.9 Å². The van der Waals surface area contributed by atoms with E-state index in [4.69, 9.17) is 0 Å². The summed E-state index contributed by atoms with van der Waals surface area (Å²) in [4.78, 5) is 6.80. The molecule has 1 N–H and O–H groups in total. The summed E-state index contributed by atoms with van der Waals surface area (Å²) in [5.41, 5.74) is 1.56. The molecule has 0 bridgehead atoms. The summed E-state index contributed by atoms with van der Waals surface area (Å²) >= 11 is 0. The highest BCUT2D eigenvalue weighted by Crippen LogP contribution is 2.24. The van der Waals surface area contributed by atoms with Crippen LogP contribution in [-0.4, -0.2) is 67.9 Å². The van der Waals surface area contributed by atoms with E-state index in [2.05, 4.69) is 15.2 Å². The molecule has 0 radical (unpaired) electrons. The van der Waals surface area contributed by atoms with Gasteiger partial charge < -0.3 is 5.32 Å². The molecule has 0 saturated carbocycles. The first-order valence-corrected chi connectivity index (χ1v) is 10.5. The van der Waals surface area contributed by atoms with Crippen molar-refractivity contribution in [2.45, 2.75) is 18.2 Å². The molecule has 1 atom stereocenters. The van der Waals surface area contributed by atoms with E-state index in [0.29, 0.717) is 19.1 Å². The fourth-order valence-electron chi connectivity index (χ4n) is 3.88. The minimum atomic E-state index is -3.33. The van der Waals surface area contributed by atoms with Crippen LogP contribution in [0.1, 0.15) is 12.0 Å².